The second-order valence-corrected chi connectivity index (χ2v) is 11.8. The van der Waals surface area contributed by atoms with E-state index in [1.54, 1.807) is 28.0 Å². The van der Waals surface area contributed by atoms with Gasteiger partial charge < -0.3 is 5.32 Å². The van der Waals surface area contributed by atoms with Crippen molar-refractivity contribution in [2.24, 2.45) is 0 Å². The van der Waals surface area contributed by atoms with Crippen LogP contribution in [0.1, 0.15) is 39.7 Å². The number of hydrogen-bond donors (Lipinski definition) is 1. The highest BCUT2D eigenvalue weighted by molar-refractivity contribution is 8.00. The summed E-state index contributed by atoms with van der Waals surface area (Å²) >= 11 is 3.29. The Balaban J connectivity index is 1.61. The van der Waals surface area contributed by atoms with E-state index in [0.717, 1.165) is 46.5 Å². The Labute approximate surface area is 224 Å². The summed E-state index contributed by atoms with van der Waals surface area (Å²) in [5, 5.41) is 10.2. The van der Waals surface area contributed by atoms with Crippen LogP contribution in [0.25, 0.3) is 16.9 Å². The Morgan fingerprint density at radius 3 is 2.59 bits per heavy atom. The lowest BCUT2D eigenvalue weighted by atomic mass is 10.0. The molecule has 37 heavy (non-hydrogen) atoms. The van der Waals surface area contributed by atoms with Gasteiger partial charge in [-0.15, -0.1) is 23.1 Å². The van der Waals surface area contributed by atoms with Crippen LogP contribution in [0.4, 0.5) is 5.82 Å². The number of amides is 2. The van der Waals surface area contributed by atoms with Crippen LogP contribution >= 0.6 is 23.1 Å². The molecule has 3 heterocycles. The lowest BCUT2D eigenvalue weighted by Crippen LogP contribution is -2.43. The van der Waals surface area contributed by atoms with Crippen LogP contribution in [0.15, 0.2) is 66.0 Å². The second-order valence-electron chi connectivity index (χ2n) is 9.68. The summed E-state index contributed by atoms with van der Waals surface area (Å²) in [5.74, 6) is 0.762. The van der Waals surface area contributed by atoms with Gasteiger partial charge in [0.25, 0.3) is 0 Å². The molecule has 1 atom stereocenters. The summed E-state index contributed by atoms with van der Waals surface area (Å²) in [4.78, 5) is 29.5. The predicted molar refractivity (Wildman–Crippen MR) is 151 cm³/mol. The third-order valence-corrected chi connectivity index (χ3v) is 9.09. The van der Waals surface area contributed by atoms with Crippen molar-refractivity contribution in [2.75, 3.05) is 17.2 Å². The molecule has 1 N–H and O–H groups in total. The van der Waals surface area contributed by atoms with Crippen LogP contribution < -0.4 is 10.2 Å². The van der Waals surface area contributed by atoms with Gasteiger partial charge in [0, 0.05) is 22.0 Å². The molecule has 2 aromatic heterocycles. The molecule has 0 unspecified atom stereocenters. The number of nitrogens with one attached hydrogen (secondary N) is 1. The maximum absolute atomic E-state index is 13.7. The van der Waals surface area contributed by atoms with Crippen molar-refractivity contribution in [1.29, 1.82) is 0 Å². The summed E-state index contributed by atoms with van der Waals surface area (Å²) < 4.78 is 1.89. The van der Waals surface area contributed by atoms with Gasteiger partial charge in [-0.25, -0.2) is 4.68 Å². The number of carbonyl (C=O) groups excluding carboxylic acids is 2. The summed E-state index contributed by atoms with van der Waals surface area (Å²) in [6.07, 6.45) is 2.00. The Bertz CT molecular complexity index is 1460. The molecule has 2 aromatic carbocycles. The molecule has 0 saturated heterocycles. The summed E-state index contributed by atoms with van der Waals surface area (Å²) in [6, 6.07) is 20.8. The van der Waals surface area contributed by atoms with Crippen LogP contribution in [0.5, 0.6) is 0 Å². The minimum atomic E-state index is -0.129. The third kappa shape index (κ3) is 4.71. The second kappa shape index (κ2) is 9.84. The zero-order chi connectivity index (χ0) is 25.5. The molecule has 2 amide bonds. The van der Waals surface area contributed by atoms with E-state index in [4.69, 9.17) is 5.10 Å². The fourth-order valence-electron chi connectivity index (χ4n) is 4.85. The lowest BCUT2D eigenvalue weighted by molar-refractivity contribution is -0.123. The van der Waals surface area contributed by atoms with Crippen LogP contribution in [0, 0.1) is 13.8 Å². The summed E-state index contributed by atoms with van der Waals surface area (Å²) in [6.45, 7) is 4.11. The number of fused-ring (bicyclic) bond motifs is 1. The maximum atomic E-state index is 13.7. The Hall–Kier alpha value is -3.36. The van der Waals surface area contributed by atoms with E-state index in [2.05, 4.69) is 60.9 Å². The van der Waals surface area contributed by atoms with Gasteiger partial charge >= 0.3 is 0 Å². The molecule has 2 aliphatic rings. The number of anilines is 1. The van der Waals surface area contributed by atoms with Crippen molar-refractivity contribution in [1.82, 2.24) is 15.1 Å². The van der Waals surface area contributed by atoms with E-state index in [-0.39, 0.29) is 35.4 Å². The lowest BCUT2D eigenvalue weighted by Gasteiger charge is -2.23. The largest absolute Gasteiger partial charge is 0.352 e. The highest BCUT2D eigenvalue weighted by atomic mass is 32.2. The molecule has 0 spiro atoms. The van der Waals surface area contributed by atoms with E-state index in [9.17, 15) is 9.59 Å². The van der Waals surface area contributed by atoms with Crippen LogP contribution in [0.3, 0.4) is 0 Å². The molecule has 6 nitrogen and oxygen atoms in total. The number of hydrogen-bond acceptors (Lipinski definition) is 5. The molecule has 8 heteroatoms. The highest BCUT2D eigenvalue weighted by Gasteiger charge is 2.38. The van der Waals surface area contributed by atoms with Crippen LogP contribution in [-0.2, 0) is 9.59 Å². The van der Waals surface area contributed by atoms with Crippen molar-refractivity contribution in [3.8, 4) is 16.9 Å². The number of carbonyl (C=O) groups is 2. The molecular formula is C29H28N4O2S2. The maximum Gasteiger partial charge on any atom is 0.240 e. The van der Waals surface area contributed by atoms with Gasteiger partial charge in [-0.05, 0) is 49.8 Å². The number of thioether (sulfide) groups is 1. The number of benzene rings is 2. The molecule has 6 rings (SSSR count). The van der Waals surface area contributed by atoms with E-state index in [1.165, 1.54) is 4.88 Å². The minimum Gasteiger partial charge on any atom is -0.352 e. The highest BCUT2D eigenvalue weighted by Crippen LogP contribution is 2.49. The van der Waals surface area contributed by atoms with Crippen molar-refractivity contribution in [2.45, 2.75) is 38.0 Å². The third-order valence-electron chi connectivity index (χ3n) is 6.76. The van der Waals surface area contributed by atoms with Crippen molar-refractivity contribution in [3.05, 3.63) is 87.6 Å². The molecule has 0 radical (unpaired) electrons. The SMILES string of the molecule is Cc1ccc(-n2nc(-c3ccccc3)c3c2N(CC(=O)NC2CC2)C(=O)CS[C@@H]3c2cccs2)c(C)c1. The first-order chi connectivity index (χ1) is 18.0. The van der Waals surface area contributed by atoms with Gasteiger partial charge in [-0.2, -0.15) is 5.10 Å². The molecule has 1 aliphatic heterocycles. The molecule has 0 bridgehead atoms. The number of thiophene rings is 1. The number of aryl methyl sites for hydroxylation is 2. The van der Waals surface area contributed by atoms with Gasteiger partial charge in [-0.3, -0.25) is 14.5 Å². The van der Waals surface area contributed by atoms with E-state index in [1.807, 2.05) is 28.9 Å². The molecule has 1 aliphatic carbocycles. The number of rotatable bonds is 6. The summed E-state index contributed by atoms with van der Waals surface area (Å²) in [5.41, 5.74) is 5.92. The molecule has 1 fully saturated rings. The van der Waals surface area contributed by atoms with Crippen molar-refractivity contribution >= 4 is 40.7 Å². The van der Waals surface area contributed by atoms with E-state index >= 15 is 0 Å². The first-order valence-electron chi connectivity index (χ1n) is 12.5. The average molecular weight is 529 g/mol. The van der Waals surface area contributed by atoms with E-state index < -0.39 is 0 Å². The zero-order valence-electron chi connectivity index (χ0n) is 20.8. The molecule has 4 aromatic rings. The fraction of sp³-hybridized carbons (Fsp3) is 0.276. The number of aromatic nitrogens is 2. The van der Waals surface area contributed by atoms with Crippen LogP contribution in [-0.4, -0.2) is 39.9 Å². The van der Waals surface area contributed by atoms with Gasteiger partial charge in [0.2, 0.25) is 11.8 Å². The Morgan fingerprint density at radius 2 is 1.89 bits per heavy atom. The molecule has 1 saturated carbocycles. The summed E-state index contributed by atoms with van der Waals surface area (Å²) in [7, 11) is 0. The Kier molecular flexibility index (Phi) is 6.38. The smallest absolute Gasteiger partial charge is 0.240 e. The van der Waals surface area contributed by atoms with Gasteiger partial charge in [0.1, 0.15) is 12.4 Å². The van der Waals surface area contributed by atoms with Gasteiger partial charge in [-0.1, -0.05) is 54.1 Å². The van der Waals surface area contributed by atoms with E-state index in [0.29, 0.717) is 5.82 Å². The normalized spacial score (nSPS) is 17.4. The minimum absolute atomic E-state index is 0.0229. The zero-order valence-corrected chi connectivity index (χ0v) is 22.4. The average Bonchev–Trinajstić information content (AvgIpc) is 3.41. The van der Waals surface area contributed by atoms with Gasteiger partial charge in [0.05, 0.1) is 22.4 Å². The van der Waals surface area contributed by atoms with Gasteiger partial charge in [0.15, 0.2) is 0 Å². The molecule has 188 valence electrons. The topological polar surface area (TPSA) is 67.2 Å². The number of nitrogens with zero attached hydrogens (tertiary/aromatic N) is 3. The van der Waals surface area contributed by atoms with Crippen molar-refractivity contribution in [3.63, 3.8) is 0 Å². The fourth-order valence-corrected chi connectivity index (χ4v) is 7.02. The standard InChI is InChI=1S/C29H28N4O2S2/c1-18-10-13-22(19(2)15-18)33-29-26(27(31-33)20-7-4-3-5-8-20)28(23-9-6-14-36-23)37-17-25(35)32(29)16-24(34)30-21-11-12-21/h3-10,13-15,21,28H,11-12,16-17H2,1-2H3,(H,30,34)/t28-/m1/s1. The first kappa shape index (κ1) is 24.0. The molecular weight excluding hydrogens is 500 g/mol. The first-order valence-corrected chi connectivity index (χ1v) is 14.4. The Morgan fingerprint density at radius 1 is 1.08 bits per heavy atom. The quantitative estimate of drug-likeness (QED) is 0.350. The van der Waals surface area contributed by atoms with Crippen molar-refractivity contribution < 1.29 is 9.59 Å². The monoisotopic (exact) mass is 528 g/mol. The predicted octanol–water partition coefficient (Wildman–Crippen LogP) is 5.67. The van der Waals surface area contributed by atoms with Crippen LogP contribution in [0.2, 0.25) is 0 Å².